The van der Waals surface area contributed by atoms with Gasteiger partial charge < -0.3 is 5.73 Å². The van der Waals surface area contributed by atoms with Crippen molar-refractivity contribution in [1.82, 2.24) is 9.97 Å². The molecule has 1 aliphatic rings. The van der Waals surface area contributed by atoms with Crippen molar-refractivity contribution in [2.24, 2.45) is 5.73 Å². The van der Waals surface area contributed by atoms with E-state index in [2.05, 4.69) is 37.0 Å². The highest BCUT2D eigenvalue weighted by atomic mass is 14.9. The van der Waals surface area contributed by atoms with Gasteiger partial charge in [-0.2, -0.15) is 0 Å². The van der Waals surface area contributed by atoms with Crippen LogP contribution in [0.25, 0.3) is 0 Å². The number of aryl methyl sites for hydroxylation is 3. The SMILES string of the molecule is Cc1ccc(Cc2ncc3c(n2)CCCC3N)cc1C. The summed E-state index contributed by atoms with van der Waals surface area (Å²) in [4.78, 5) is 9.22. The number of hydrogen-bond donors (Lipinski definition) is 1. The summed E-state index contributed by atoms with van der Waals surface area (Å²) in [6.45, 7) is 4.28. The van der Waals surface area contributed by atoms with Gasteiger partial charge in [-0.15, -0.1) is 0 Å². The minimum absolute atomic E-state index is 0.120. The molecule has 2 aromatic rings. The van der Waals surface area contributed by atoms with Crippen molar-refractivity contribution in [3.05, 3.63) is 58.2 Å². The van der Waals surface area contributed by atoms with Gasteiger partial charge in [-0.1, -0.05) is 18.2 Å². The van der Waals surface area contributed by atoms with Crippen LogP contribution >= 0.6 is 0 Å². The van der Waals surface area contributed by atoms with Gasteiger partial charge in [-0.3, -0.25) is 0 Å². The van der Waals surface area contributed by atoms with Crippen LogP contribution in [-0.4, -0.2) is 9.97 Å². The summed E-state index contributed by atoms with van der Waals surface area (Å²) >= 11 is 0. The lowest BCUT2D eigenvalue weighted by Gasteiger charge is -2.21. The summed E-state index contributed by atoms with van der Waals surface area (Å²) in [6, 6.07) is 6.68. The lowest BCUT2D eigenvalue weighted by Crippen LogP contribution is -2.19. The molecule has 104 valence electrons. The summed E-state index contributed by atoms with van der Waals surface area (Å²) in [5.74, 6) is 0.904. The van der Waals surface area contributed by atoms with Crippen LogP contribution in [0.2, 0.25) is 0 Å². The Labute approximate surface area is 120 Å². The van der Waals surface area contributed by atoms with Crippen LogP contribution < -0.4 is 5.73 Å². The van der Waals surface area contributed by atoms with Crippen molar-refractivity contribution in [3.8, 4) is 0 Å². The fourth-order valence-corrected chi connectivity index (χ4v) is 2.80. The molecule has 0 saturated carbocycles. The van der Waals surface area contributed by atoms with Gasteiger partial charge in [0.2, 0.25) is 0 Å². The average molecular weight is 267 g/mol. The molecule has 1 heterocycles. The normalized spacial score (nSPS) is 17.9. The Morgan fingerprint density at radius 3 is 2.90 bits per heavy atom. The number of aromatic nitrogens is 2. The molecule has 0 radical (unpaired) electrons. The molecular weight excluding hydrogens is 246 g/mol. The van der Waals surface area contributed by atoms with Crippen LogP contribution in [0.3, 0.4) is 0 Å². The molecule has 0 saturated heterocycles. The van der Waals surface area contributed by atoms with Gasteiger partial charge >= 0.3 is 0 Å². The zero-order valence-electron chi connectivity index (χ0n) is 12.2. The maximum absolute atomic E-state index is 6.11. The number of fused-ring (bicyclic) bond motifs is 1. The van der Waals surface area contributed by atoms with E-state index in [4.69, 9.17) is 10.7 Å². The molecule has 1 atom stereocenters. The summed E-state index contributed by atoms with van der Waals surface area (Å²) in [7, 11) is 0. The Balaban J connectivity index is 1.86. The summed E-state index contributed by atoms with van der Waals surface area (Å²) in [5.41, 5.74) is 12.3. The van der Waals surface area contributed by atoms with Gasteiger partial charge in [-0.25, -0.2) is 9.97 Å². The largest absolute Gasteiger partial charge is 0.324 e. The standard InChI is InChI=1S/C17H21N3/c1-11-6-7-13(8-12(11)2)9-17-19-10-14-15(18)4-3-5-16(14)20-17/h6-8,10,15H,3-5,9,18H2,1-2H3. The average Bonchev–Trinajstić information content (AvgIpc) is 2.43. The first-order valence-electron chi connectivity index (χ1n) is 7.30. The van der Waals surface area contributed by atoms with Crippen molar-refractivity contribution in [2.75, 3.05) is 0 Å². The zero-order valence-corrected chi connectivity index (χ0v) is 12.2. The monoisotopic (exact) mass is 267 g/mol. The van der Waals surface area contributed by atoms with Crippen LogP contribution in [0.5, 0.6) is 0 Å². The van der Waals surface area contributed by atoms with Crippen molar-refractivity contribution in [2.45, 2.75) is 45.6 Å². The summed E-state index contributed by atoms with van der Waals surface area (Å²) in [6.07, 6.45) is 5.94. The summed E-state index contributed by atoms with van der Waals surface area (Å²) < 4.78 is 0. The number of nitrogens with zero attached hydrogens (tertiary/aromatic N) is 2. The second-order valence-electron chi connectivity index (χ2n) is 5.78. The van der Waals surface area contributed by atoms with Crippen LogP contribution in [0, 0.1) is 13.8 Å². The molecule has 20 heavy (non-hydrogen) atoms. The van der Waals surface area contributed by atoms with E-state index < -0.39 is 0 Å². The topological polar surface area (TPSA) is 51.8 Å². The van der Waals surface area contributed by atoms with Crippen molar-refractivity contribution in [3.63, 3.8) is 0 Å². The van der Waals surface area contributed by atoms with E-state index in [1.165, 1.54) is 16.7 Å². The van der Waals surface area contributed by atoms with Gasteiger partial charge in [-0.05, 0) is 49.8 Å². The highest BCUT2D eigenvalue weighted by molar-refractivity contribution is 5.32. The smallest absolute Gasteiger partial charge is 0.132 e. The molecule has 1 aliphatic carbocycles. The molecule has 1 aromatic carbocycles. The van der Waals surface area contributed by atoms with Crippen LogP contribution in [0.4, 0.5) is 0 Å². The third-order valence-electron chi connectivity index (χ3n) is 4.21. The predicted molar refractivity (Wildman–Crippen MR) is 80.6 cm³/mol. The fourth-order valence-electron chi connectivity index (χ4n) is 2.80. The minimum Gasteiger partial charge on any atom is -0.324 e. The van der Waals surface area contributed by atoms with E-state index >= 15 is 0 Å². The van der Waals surface area contributed by atoms with Crippen molar-refractivity contribution >= 4 is 0 Å². The van der Waals surface area contributed by atoms with E-state index in [1.54, 1.807) is 0 Å². The van der Waals surface area contributed by atoms with Crippen molar-refractivity contribution in [1.29, 1.82) is 0 Å². The van der Waals surface area contributed by atoms with Crippen molar-refractivity contribution < 1.29 is 0 Å². The van der Waals surface area contributed by atoms with Crippen LogP contribution in [-0.2, 0) is 12.8 Å². The Hall–Kier alpha value is -1.74. The molecule has 3 rings (SSSR count). The Morgan fingerprint density at radius 2 is 2.10 bits per heavy atom. The molecule has 1 aromatic heterocycles. The first kappa shape index (κ1) is 13.3. The lowest BCUT2D eigenvalue weighted by molar-refractivity contribution is 0.553. The molecule has 3 heteroatoms. The second kappa shape index (κ2) is 5.33. The van der Waals surface area contributed by atoms with E-state index in [0.29, 0.717) is 0 Å². The summed E-state index contributed by atoms with van der Waals surface area (Å²) in [5, 5.41) is 0. The molecule has 0 aliphatic heterocycles. The fraction of sp³-hybridized carbons (Fsp3) is 0.412. The predicted octanol–water partition coefficient (Wildman–Crippen LogP) is 3.02. The number of benzene rings is 1. The molecule has 0 bridgehead atoms. The molecule has 2 N–H and O–H groups in total. The third-order valence-corrected chi connectivity index (χ3v) is 4.21. The quantitative estimate of drug-likeness (QED) is 0.910. The molecule has 1 unspecified atom stereocenters. The molecular formula is C17H21N3. The molecule has 0 amide bonds. The van der Waals surface area contributed by atoms with Gasteiger partial charge in [0.1, 0.15) is 5.82 Å². The first-order valence-corrected chi connectivity index (χ1v) is 7.30. The zero-order chi connectivity index (χ0) is 14.1. The molecule has 0 fully saturated rings. The Morgan fingerprint density at radius 1 is 1.25 bits per heavy atom. The maximum atomic E-state index is 6.11. The second-order valence-corrected chi connectivity index (χ2v) is 5.78. The Bertz CT molecular complexity index is 634. The highest BCUT2D eigenvalue weighted by Gasteiger charge is 2.18. The van der Waals surface area contributed by atoms with E-state index in [-0.39, 0.29) is 6.04 Å². The van der Waals surface area contributed by atoms with Gasteiger partial charge in [0.05, 0.1) is 0 Å². The maximum Gasteiger partial charge on any atom is 0.132 e. The first-order chi connectivity index (χ1) is 9.63. The number of hydrogen-bond acceptors (Lipinski definition) is 3. The van der Waals surface area contributed by atoms with Gasteiger partial charge in [0.25, 0.3) is 0 Å². The highest BCUT2D eigenvalue weighted by Crippen LogP contribution is 2.26. The van der Waals surface area contributed by atoms with E-state index in [0.717, 1.165) is 42.8 Å². The van der Waals surface area contributed by atoms with Crippen LogP contribution in [0.15, 0.2) is 24.4 Å². The van der Waals surface area contributed by atoms with Gasteiger partial charge in [0, 0.05) is 29.9 Å². The minimum atomic E-state index is 0.120. The third kappa shape index (κ3) is 2.59. The Kier molecular flexibility index (Phi) is 3.53. The molecule has 3 nitrogen and oxygen atoms in total. The van der Waals surface area contributed by atoms with Crippen LogP contribution in [0.1, 0.15) is 52.7 Å². The lowest BCUT2D eigenvalue weighted by atomic mass is 9.93. The van der Waals surface area contributed by atoms with Gasteiger partial charge in [0.15, 0.2) is 0 Å². The number of rotatable bonds is 2. The van der Waals surface area contributed by atoms with E-state index in [1.807, 2.05) is 6.20 Å². The molecule has 0 spiro atoms. The van der Waals surface area contributed by atoms with E-state index in [9.17, 15) is 0 Å². The number of nitrogens with two attached hydrogens (primary N) is 1.